The van der Waals surface area contributed by atoms with Crippen LogP contribution in [0.2, 0.25) is 0 Å². The molecular weight excluding hydrogens is 389 g/mol. The number of nitrogens with zero attached hydrogens (tertiary/aromatic N) is 1. The van der Waals surface area contributed by atoms with Crippen molar-refractivity contribution in [3.63, 3.8) is 0 Å². The van der Waals surface area contributed by atoms with Crippen LogP contribution >= 0.6 is 24.0 Å². The number of ether oxygens (including phenoxy) is 1. The van der Waals surface area contributed by atoms with Gasteiger partial charge in [0, 0.05) is 12.1 Å². The Bertz CT molecular complexity index is 461. The van der Waals surface area contributed by atoms with E-state index in [9.17, 15) is 0 Å². The summed E-state index contributed by atoms with van der Waals surface area (Å²) in [6.45, 7) is 10.7. The molecule has 0 saturated heterocycles. The fourth-order valence-corrected chi connectivity index (χ4v) is 1.85. The summed E-state index contributed by atoms with van der Waals surface area (Å²) in [4.78, 5) is 4.39. The molecule has 0 aromatic heterocycles. The van der Waals surface area contributed by atoms with Crippen LogP contribution in [0.3, 0.4) is 0 Å². The maximum atomic E-state index is 5.89. The van der Waals surface area contributed by atoms with E-state index in [-0.39, 0.29) is 24.0 Å². The van der Waals surface area contributed by atoms with E-state index in [0.717, 1.165) is 37.3 Å². The zero-order valence-electron chi connectivity index (χ0n) is 14.2. The number of nitrogens with one attached hydrogen (secondary N) is 1. The molecule has 0 heterocycles. The highest BCUT2D eigenvalue weighted by Crippen LogP contribution is 2.21. The summed E-state index contributed by atoms with van der Waals surface area (Å²) in [6.07, 6.45) is 2.08. The molecule has 0 bridgehead atoms. The van der Waals surface area contributed by atoms with Gasteiger partial charge in [-0.3, -0.25) is 0 Å². The highest BCUT2D eigenvalue weighted by atomic mass is 127. The van der Waals surface area contributed by atoms with Crippen LogP contribution in [0.1, 0.15) is 44.7 Å². The molecule has 4 nitrogen and oxygen atoms in total. The lowest BCUT2D eigenvalue weighted by atomic mass is 10.1. The quantitative estimate of drug-likeness (QED) is 0.382. The van der Waals surface area contributed by atoms with Crippen LogP contribution in [0.5, 0.6) is 5.75 Å². The third kappa shape index (κ3) is 8.46. The molecular formula is C17H30IN3O. The zero-order valence-corrected chi connectivity index (χ0v) is 16.5. The number of hydrogen-bond acceptors (Lipinski definition) is 2. The van der Waals surface area contributed by atoms with Crippen molar-refractivity contribution in [1.82, 2.24) is 5.32 Å². The predicted molar refractivity (Wildman–Crippen MR) is 105 cm³/mol. The summed E-state index contributed by atoms with van der Waals surface area (Å²) in [5, 5.41) is 3.15. The smallest absolute Gasteiger partial charge is 0.188 e. The van der Waals surface area contributed by atoms with Gasteiger partial charge in [-0.15, -0.1) is 24.0 Å². The SMILES string of the molecule is CCCOc1cc(C)ccc1CN=C(N)NCCC(C)C.I. The van der Waals surface area contributed by atoms with E-state index in [1.54, 1.807) is 0 Å². The van der Waals surface area contributed by atoms with Gasteiger partial charge in [-0.25, -0.2) is 4.99 Å². The summed E-state index contributed by atoms with van der Waals surface area (Å²) in [6, 6.07) is 6.19. The van der Waals surface area contributed by atoms with Crippen LogP contribution in [0.25, 0.3) is 0 Å². The molecule has 0 atom stereocenters. The highest BCUT2D eigenvalue weighted by Gasteiger charge is 2.04. The number of aliphatic imine (C=N–C) groups is 1. The Hall–Kier alpha value is -0.980. The molecule has 1 aromatic rings. The van der Waals surface area contributed by atoms with E-state index >= 15 is 0 Å². The fraction of sp³-hybridized carbons (Fsp3) is 0.588. The molecule has 5 heteroatoms. The Labute approximate surface area is 151 Å². The van der Waals surface area contributed by atoms with Crippen molar-refractivity contribution in [2.24, 2.45) is 16.6 Å². The van der Waals surface area contributed by atoms with E-state index in [2.05, 4.69) is 56.2 Å². The maximum absolute atomic E-state index is 5.89. The molecule has 0 saturated carbocycles. The van der Waals surface area contributed by atoms with Crippen molar-refractivity contribution < 1.29 is 4.74 Å². The van der Waals surface area contributed by atoms with Crippen molar-refractivity contribution >= 4 is 29.9 Å². The van der Waals surface area contributed by atoms with Gasteiger partial charge in [0.15, 0.2) is 5.96 Å². The number of rotatable bonds is 8. The van der Waals surface area contributed by atoms with Crippen molar-refractivity contribution in [1.29, 1.82) is 0 Å². The van der Waals surface area contributed by atoms with Gasteiger partial charge >= 0.3 is 0 Å². The Morgan fingerprint density at radius 3 is 2.73 bits per heavy atom. The number of benzene rings is 1. The average molecular weight is 419 g/mol. The van der Waals surface area contributed by atoms with Crippen LogP contribution in [-0.2, 0) is 6.54 Å². The van der Waals surface area contributed by atoms with E-state index in [4.69, 9.17) is 10.5 Å². The van der Waals surface area contributed by atoms with Gasteiger partial charge in [0.05, 0.1) is 13.2 Å². The molecule has 0 aliphatic rings. The first-order valence-electron chi connectivity index (χ1n) is 7.79. The molecule has 0 amide bonds. The van der Waals surface area contributed by atoms with Crippen molar-refractivity contribution in [3.8, 4) is 5.75 Å². The predicted octanol–water partition coefficient (Wildman–Crippen LogP) is 3.85. The van der Waals surface area contributed by atoms with Gasteiger partial charge in [0.1, 0.15) is 5.75 Å². The summed E-state index contributed by atoms with van der Waals surface area (Å²) < 4.78 is 5.78. The Morgan fingerprint density at radius 2 is 2.09 bits per heavy atom. The number of guanidine groups is 1. The molecule has 22 heavy (non-hydrogen) atoms. The maximum Gasteiger partial charge on any atom is 0.188 e. The monoisotopic (exact) mass is 419 g/mol. The van der Waals surface area contributed by atoms with Gasteiger partial charge in [-0.1, -0.05) is 32.9 Å². The average Bonchev–Trinajstić information content (AvgIpc) is 2.43. The molecule has 0 radical (unpaired) electrons. The summed E-state index contributed by atoms with van der Waals surface area (Å²) >= 11 is 0. The molecule has 0 unspecified atom stereocenters. The zero-order chi connectivity index (χ0) is 15.7. The highest BCUT2D eigenvalue weighted by molar-refractivity contribution is 14.0. The normalized spacial score (nSPS) is 11.2. The molecule has 0 fully saturated rings. The van der Waals surface area contributed by atoms with E-state index in [1.165, 1.54) is 5.56 Å². The molecule has 1 aromatic carbocycles. The second-order valence-corrected chi connectivity index (χ2v) is 5.77. The number of halogens is 1. The molecule has 3 N–H and O–H groups in total. The lowest BCUT2D eigenvalue weighted by molar-refractivity contribution is 0.314. The van der Waals surface area contributed by atoms with Gasteiger partial charge in [0.25, 0.3) is 0 Å². The van der Waals surface area contributed by atoms with Gasteiger partial charge < -0.3 is 15.8 Å². The fourth-order valence-electron chi connectivity index (χ4n) is 1.85. The van der Waals surface area contributed by atoms with Crippen LogP contribution in [0.15, 0.2) is 23.2 Å². The van der Waals surface area contributed by atoms with Crippen molar-refractivity contribution in [2.75, 3.05) is 13.2 Å². The minimum atomic E-state index is 0. The summed E-state index contributed by atoms with van der Waals surface area (Å²) in [7, 11) is 0. The lowest BCUT2D eigenvalue weighted by Gasteiger charge is -2.11. The molecule has 0 aliphatic carbocycles. The van der Waals surface area contributed by atoms with Crippen LogP contribution in [0.4, 0.5) is 0 Å². The lowest BCUT2D eigenvalue weighted by Crippen LogP contribution is -2.32. The van der Waals surface area contributed by atoms with E-state index < -0.39 is 0 Å². The number of aryl methyl sites for hydroxylation is 1. The van der Waals surface area contributed by atoms with Crippen molar-refractivity contribution in [3.05, 3.63) is 29.3 Å². The standard InChI is InChI=1S/C17H29N3O.HI/c1-5-10-21-16-11-14(4)6-7-15(16)12-20-17(18)19-9-8-13(2)3;/h6-7,11,13H,5,8-10,12H2,1-4H3,(H3,18,19,20);1H. The van der Waals surface area contributed by atoms with Crippen LogP contribution in [-0.4, -0.2) is 19.1 Å². The van der Waals surface area contributed by atoms with Crippen LogP contribution in [0, 0.1) is 12.8 Å². The Morgan fingerprint density at radius 1 is 1.36 bits per heavy atom. The minimum Gasteiger partial charge on any atom is -0.493 e. The Kier molecular flexibility index (Phi) is 11.1. The van der Waals surface area contributed by atoms with Crippen LogP contribution < -0.4 is 15.8 Å². The minimum absolute atomic E-state index is 0. The van der Waals surface area contributed by atoms with Gasteiger partial charge in [-0.05, 0) is 37.3 Å². The summed E-state index contributed by atoms with van der Waals surface area (Å²) in [5.74, 6) is 2.07. The van der Waals surface area contributed by atoms with E-state index in [1.807, 2.05) is 0 Å². The first kappa shape index (κ1) is 21.0. The van der Waals surface area contributed by atoms with Crippen molar-refractivity contribution in [2.45, 2.75) is 47.1 Å². The Balaban J connectivity index is 0.00000441. The first-order chi connectivity index (χ1) is 10.0. The largest absolute Gasteiger partial charge is 0.493 e. The molecule has 0 aliphatic heterocycles. The van der Waals surface area contributed by atoms with E-state index in [0.29, 0.717) is 18.4 Å². The topological polar surface area (TPSA) is 59.6 Å². The second kappa shape index (κ2) is 11.6. The molecule has 1 rings (SSSR count). The number of nitrogens with two attached hydrogens (primary N) is 1. The second-order valence-electron chi connectivity index (χ2n) is 5.77. The van der Waals surface area contributed by atoms with Gasteiger partial charge in [0.2, 0.25) is 0 Å². The summed E-state index contributed by atoms with van der Waals surface area (Å²) in [5.41, 5.74) is 8.15. The third-order valence-corrected chi connectivity index (χ3v) is 3.13. The molecule has 126 valence electrons. The first-order valence-corrected chi connectivity index (χ1v) is 7.79. The third-order valence-electron chi connectivity index (χ3n) is 3.13. The molecule has 0 spiro atoms. The number of hydrogen-bond donors (Lipinski definition) is 2. The van der Waals surface area contributed by atoms with Gasteiger partial charge in [-0.2, -0.15) is 0 Å².